The van der Waals surface area contributed by atoms with Crippen molar-refractivity contribution in [2.24, 2.45) is 0 Å². The Bertz CT molecular complexity index is 2110. The zero-order valence-corrected chi connectivity index (χ0v) is 28.5. The van der Waals surface area contributed by atoms with Crippen LogP contribution in [0.5, 0.6) is 22.7 Å². The lowest BCUT2D eigenvalue weighted by Crippen LogP contribution is -2.50. The van der Waals surface area contributed by atoms with Crippen molar-refractivity contribution in [3.8, 4) is 35.0 Å². The average Bonchev–Trinajstić information content (AvgIpc) is 3.34. The number of ether oxygens (including phenoxy) is 5. The van der Waals surface area contributed by atoms with E-state index in [1.807, 2.05) is 9.80 Å². The minimum Gasteiger partial charge on any atom is -0.480 e. The van der Waals surface area contributed by atoms with Crippen LogP contribution in [0.3, 0.4) is 0 Å². The summed E-state index contributed by atoms with van der Waals surface area (Å²) in [5.41, 5.74) is -1.02. The molecule has 1 N–H and O–H groups in total. The van der Waals surface area contributed by atoms with Crippen LogP contribution < -0.4 is 19.1 Å². The molecule has 6 atom stereocenters. The fraction of sp³-hybridized carbons (Fsp3) is 0.486. The molecule has 2 aromatic heterocycles. The second-order valence-electron chi connectivity index (χ2n) is 13.8. The first-order chi connectivity index (χ1) is 24.7. The topological polar surface area (TPSA) is 132 Å². The summed E-state index contributed by atoms with van der Waals surface area (Å²) in [5.74, 6) is 2.06. The van der Waals surface area contributed by atoms with Crippen molar-refractivity contribution < 1.29 is 42.4 Å². The van der Waals surface area contributed by atoms with Gasteiger partial charge in [0.05, 0.1) is 36.4 Å². The van der Waals surface area contributed by atoms with E-state index >= 15 is 0 Å². The van der Waals surface area contributed by atoms with Gasteiger partial charge in [0, 0.05) is 44.6 Å². The Morgan fingerprint density at radius 2 is 2.10 bits per heavy atom. The maximum absolute atomic E-state index is 14.9. The normalized spacial score (nSPS) is 29.5. The number of carboxylic acids is 1. The van der Waals surface area contributed by atoms with Crippen LogP contribution in [-0.4, -0.2) is 125 Å². The van der Waals surface area contributed by atoms with Crippen LogP contribution >= 0.6 is 11.3 Å². The minimum atomic E-state index is -1.07. The molecule has 0 amide bonds. The molecule has 5 saturated heterocycles. The lowest BCUT2D eigenvalue weighted by molar-refractivity contribution is -0.146. The highest BCUT2D eigenvalue weighted by Crippen LogP contribution is 2.51. The molecule has 0 bridgehead atoms. The van der Waals surface area contributed by atoms with Gasteiger partial charge in [-0.2, -0.15) is 15.0 Å². The monoisotopic (exact) mass is 720 g/mol. The number of hydrogen-bond donors (Lipinski definition) is 1. The number of thiazole rings is 1. The number of hydrogen-bond acceptors (Lipinski definition) is 13. The lowest BCUT2D eigenvalue weighted by atomic mass is 9.95. The van der Waals surface area contributed by atoms with E-state index in [1.165, 1.54) is 13.2 Å². The third-order valence-corrected chi connectivity index (χ3v) is 11.7. The summed E-state index contributed by atoms with van der Waals surface area (Å²) in [5, 5.41) is 11.3. The van der Waals surface area contributed by atoms with Crippen LogP contribution in [0.4, 0.5) is 14.6 Å². The molecule has 4 aromatic rings. The molecule has 5 fully saturated rings. The van der Waals surface area contributed by atoms with Gasteiger partial charge in [-0.15, -0.1) is 6.42 Å². The Kier molecular flexibility index (Phi) is 7.71. The van der Waals surface area contributed by atoms with Gasteiger partial charge in [-0.05, 0) is 36.9 Å². The van der Waals surface area contributed by atoms with Crippen molar-refractivity contribution in [2.75, 3.05) is 64.8 Å². The summed E-state index contributed by atoms with van der Waals surface area (Å²) in [4.78, 5) is 33.5. The molecule has 0 spiro atoms. The number of alkyl halides is 1. The second-order valence-corrected chi connectivity index (χ2v) is 14.7. The van der Waals surface area contributed by atoms with E-state index in [4.69, 9.17) is 45.1 Å². The number of nitrogens with zero attached hydrogens (tertiary/aromatic N) is 6. The maximum atomic E-state index is 14.9. The molecule has 0 saturated carbocycles. The van der Waals surface area contributed by atoms with Crippen molar-refractivity contribution in [3.63, 3.8) is 0 Å². The molecule has 5 unspecified atom stereocenters. The number of rotatable bonds is 10. The van der Waals surface area contributed by atoms with Crippen LogP contribution in [0.25, 0.3) is 21.1 Å². The number of fused-ring (bicyclic) bond motifs is 4. The molecule has 266 valence electrons. The second kappa shape index (κ2) is 12.1. The fourth-order valence-corrected chi connectivity index (χ4v) is 9.44. The molecular formula is C35H34F2N6O7S. The highest BCUT2D eigenvalue weighted by atomic mass is 32.1. The molecule has 51 heavy (non-hydrogen) atoms. The number of terminal acetylenes is 1. The van der Waals surface area contributed by atoms with Crippen molar-refractivity contribution in [2.45, 2.75) is 48.6 Å². The summed E-state index contributed by atoms with van der Waals surface area (Å²) in [7, 11) is 1.50. The summed E-state index contributed by atoms with van der Waals surface area (Å²) >= 11 is 1.14. The van der Waals surface area contributed by atoms with Gasteiger partial charge in [0.2, 0.25) is 0 Å². The molecule has 0 aliphatic carbocycles. The zero-order valence-electron chi connectivity index (χ0n) is 27.6. The summed E-state index contributed by atoms with van der Waals surface area (Å²) in [6, 6.07) is 5.86. The smallest absolute Gasteiger partial charge is 0.328 e. The highest BCUT2D eigenvalue weighted by Gasteiger charge is 2.74. The largest absolute Gasteiger partial charge is 0.480 e. The van der Waals surface area contributed by atoms with Crippen LogP contribution in [0, 0.1) is 18.2 Å². The SMILES string of the molecule is C#Cc1c(F)ccc2cc(OCOC)cc(Oc3nc4c(N5CC6COCC7(C(=O)O)C(C5)N67)nc(OC[C@@]56CCCN5CC(F)C6)nc4s3)c12. The van der Waals surface area contributed by atoms with Crippen molar-refractivity contribution in [3.05, 3.63) is 35.6 Å². The number of carbonyl (C=O) groups is 1. The lowest BCUT2D eigenvalue weighted by Gasteiger charge is -2.35. The molecule has 13 nitrogen and oxygen atoms in total. The number of anilines is 1. The van der Waals surface area contributed by atoms with Crippen molar-refractivity contribution in [1.82, 2.24) is 24.8 Å². The van der Waals surface area contributed by atoms with Crippen LogP contribution in [0.1, 0.15) is 24.8 Å². The Morgan fingerprint density at radius 1 is 1.22 bits per heavy atom. The van der Waals surface area contributed by atoms with Crippen LogP contribution in [-0.2, 0) is 14.3 Å². The Morgan fingerprint density at radius 3 is 2.92 bits per heavy atom. The fourth-order valence-electron chi connectivity index (χ4n) is 8.65. The number of methoxy groups -OCH3 is 1. The molecule has 9 rings (SSSR count). The van der Waals surface area contributed by atoms with Gasteiger partial charge in [-0.3, -0.25) is 14.6 Å². The van der Waals surface area contributed by atoms with Crippen LogP contribution in [0.2, 0.25) is 0 Å². The number of aliphatic carboxylic acids is 1. The van der Waals surface area contributed by atoms with E-state index in [0.717, 1.165) is 30.7 Å². The summed E-state index contributed by atoms with van der Waals surface area (Å²) in [6.07, 6.45) is 7.02. The molecule has 5 aliphatic heterocycles. The number of benzene rings is 2. The molecule has 7 heterocycles. The number of morpholine rings is 1. The number of piperazine rings is 1. The molecule has 2 aromatic carbocycles. The van der Waals surface area contributed by atoms with Gasteiger partial charge in [0.15, 0.2) is 23.0 Å². The van der Waals surface area contributed by atoms with Gasteiger partial charge in [0.1, 0.15) is 35.6 Å². The number of halogens is 2. The van der Waals surface area contributed by atoms with Gasteiger partial charge in [-0.25, -0.2) is 8.78 Å². The number of aromatic nitrogens is 3. The Labute approximate surface area is 295 Å². The van der Waals surface area contributed by atoms with Gasteiger partial charge in [0.25, 0.3) is 5.19 Å². The van der Waals surface area contributed by atoms with Crippen molar-refractivity contribution >= 4 is 44.2 Å². The molecule has 5 aliphatic rings. The van der Waals surface area contributed by atoms with E-state index in [-0.39, 0.29) is 54.6 Å². The summed E-state index contributed by atoms with van der Waals surface area (Å²) in [6.45, 7) is 2.75. The summed E-state index contributed by atoms with van der Waals surface area (Å²) < 4.78 is 58.7. The first-order valence-corrected chi connectivity index (χ1v) is 17.6. The third kappa shape index (κ3) is 5.16. The minimum absolute atomic E-state index is 0.0223. The Hall–Kier alpha value is -4.40. The van der Waals surface area contributed by atoms with E-state index in [2.05, 4.69) is 10.8 Å². The predicted octanol–water partition coefficient (Wildman–Crippen LogP) is 3.82. The van der Waals surface area contributed by atoms with Crippen LogP contribution in [0.15, 0.2) is 24.3 Å². The predicted molar refractivity (Wildman–Crippen MR) is 181 cm³/mol. The molecular weight excluding hydrogens is 686 g/mol. The third-order valence-electron chi connectivity index (χ3n) is 10.9. The molecule has 16 heteroatoms. The first kappa shape index (κ1) is 32.5. The Balaban J connectivity index is 1.11. The zero-order chi connectivity index (χ0) is 35.1. The standard InChI is InChI=1S/C35H34F2N6O7S/c1-3-23-24(37)6-5-19-9-22(49-18-46-2)10-25(27(19)23)50-33-38-28-29(41-13-21-15-47-17-35(31(44)45)26(14-41)43(21)35)39-32(40-30(28)51-33)48-16-34-7-4-8-42(34)12-20(36)11-34/h1,5-6,9-10,20-21,26H,4,7-8,11-18H2,2H3,(H,44,45)/t20?,21?,26?,34-,35?,43?/m0/s1. The van der Waals surface area contributed by atoms with Gasteiger partial charge in [-0.1, -0.05) is 23.3 Å². The molecule has 0 radical (unpaired) electrons. The average molecular weight is 721 g/mol. The van der Waals surface area contributed by atoms with Crippen molar-refractivity contribution in [1.29, 1.82) is 0 Å². The maximum Gasteiger partial charge on any atom is 0.328 e. The van der Waals surface area contributed by atoms with E-state index in [1.54, 1.807) is 18.2 Å². The quantitative estimate of drug-likeness (QED) is 0.145. The van der Waals surface area contributed by atoms with E-state index < -0.39 is 29.0 Å². The first-order valence-electron chi connectivity index (χ1n) is 16.8. The van der Waals surface area contributed by atoms with Gasteiger partial charge < -0.3 is 33.7 Å². The highest BCUT2D eigenvalue weighted by molar-refractivity contribution is 7.19. The number of carboxylic acid groups (broad SMARTS) is 1. The van der Waals surface area contributed by atoms with Gasteiger partial charge >= 0.3 is 12.0 Å². The van der Waals surface area contributed by atoms with E-state index in [9.17, 15) is 18.7 Å². The van der Waals surface area contributed by atoms with E-state index in [0.29, 0.717) is 65.3 Å².